The van der Waals surface area contributed by atoms with Crippen LogP contribution >= 0.6 is 46.2 Å². The van der Waals surface area contributed by atoms with Crippen molar-refractivity contribution in [1.82, 2.24) is 0 Å². The van der Waals surface area contributed by atoms with Gasteiger partial charge in [-0.05, 0) is 0 Å². The number of ether oxygens (including phenoxy) is 2. The van der Waals surface area contributed by atoms with Crippen LogP contribution in [0.3, 0.4) is 0 Å². The van der Waals surface area contributed by atoms with Crippen LogP contribution in [0.4, 0.5) is 0 Å². The summed E-state index contributed by atoms with van der Waals surface area (Å²) < 4.78 is 13.3. The van der Waals surface area contributed by atoms with E-state index in [1.165, 1.54) is 22.7 Å². The van der Waals surface area contributed by atoms with E-state index in [4.69, 9.17) is 9.47 Å². The van der Waals surface area contributed by atoms with E-state index in [1.807, 2.05) is 0 Å². The van der Waals surface area contributed by atoms with E-state index >= 15 is 0 Å². The zero-order chi connectivity index (χ0) is 11.2. The monoisotopic (exact) mass is 296 g/mol. The molecule has 3 nitrogen and oxygen atoms in total. The first-order chi connectivity index (χ1) is 7.86. The molecule has 0 fully saturated rings. The molecule has 0 saturated carbocycles. The average Bonchev–Trinajstić information content (AvgIpc) is 2.59. The van der Waals surface area contributed by atoms with Gasteiger partial charge in [0.15, 0.2) is 0 Å². The maximum atomic E-state index is 11.3. The van der Waals surface area contributed by atoms with Crippen molar-refractivity contribution in [2.45, 2.75) is 8.42 Å². The Morgan fingerprint density at radius 3 is 1.81 bits per heavy atom. The van der Waals surface area contributed by atoms with E-state index in [9.17, 15) is 4.79 Å². The molecule has 90 valence electrons. The first kappa shape index (κ1) is 12.9. The highest BCUT2D eigenvalue weighted by atomic mass is 32.2. The van der Waals surface area contributed by atoms with Gasteiger partial charge in [0, 0.05) is 11.5 Å². The number of hydrogen-bond acceptors (Lipinski definition) is 7. The molecule has 0 saturated heterocycles. The first-order valence-electron chi connectivity index (χ1n) is 4.91. The van der Waals surface area contributed by atoms with E-state index in [0.29, 0.717) is 13.2 Å². The Balaban J connectivity index is 2.01. The third-order valence-corrected chi connectivity index (χ3v) is 6.82. The molecule has 0 radical (unpaired) electrons. The first-order valence-corrected chi connectivity index (χ1v) is 8.52. The summed E-state index contributed by atoms with van der Waals surface area (Å²) in [6, 6.07) is 0. The van der Waals surface area contributed by atoms with Gasteiger partial charge < -0.3 is 9.47 Å². The Hall–Kier alpha value is 0.470. The molecule has 0 aliphatic carbocycles. The van der Waals surface area contributed by atoms with E-state index in [2.05, 4.69) is 0 Å². The molecule has 0 aromatic carbocycles. The van der Waals surface area contributed by atoms with Gasteiger partial charge in [-0.2, -0.15) is 0 Å². The zero-order valence-corrected chi connectivity index (χ0v) is 11.9. The highest BCUT2D eigenvalue weighted by Crippen LogP contribution is 2.36. The molecule has 1 aromatic heterocycles. The molecule has 0 N–H and O–H groups in total. The molecule has 0 spiro atoms. The summed E-state index contributed by atoms with van der Waals surface area (Å²) in [6.07, 6.45) is 0. The van der Waals surface area contributed by atoms with Crippen LogP contribution in [0.2, 0.25) is 0 Å². The van der Waals surface area contributed by atoms with Crippen LogP contribution in [0.25, 0.3) is 0 Å². The molecule has 2 rings (SSSR count). The summed E-state index contributed by atoms with van der Waals surface area (Å²) in [5.74, 6) is 1.81. The van der Waals surface area contributed by atoms with Crippen LogP contribution in [0.1, 0.15) is 0 Å². The summed E-state index contributed by atoms with van der Waals surface area (Å²) in [4.78, 5) is 11.3. The molecule has 1 aliphatic rings. The standard InChI is InChI=1S/C9H12O3S4/c10-9-15-7-8(16-9)14-6-4-12-2-1-11-3-5-13-7/h1-6H2. The summed E-state index contributed by atoms with van der Waals surface area (Å²) in [6.45, 7) is 2.76. The Morgan fingerprint density at radius 1 is 0.812 bits per heavy atom. The predicted octanol–water partition coefficient (Wildman–Crippen LogP) is 2.40. The van der Waals surface area contributed by atoms with Crippen molar-refractivity contribution in [3.63, 3.8) is 0 Å². The quantitative estimate of drug-likeness (QED) is 0.734. The van der Waals surface area contributed by atoms with Gasteiger partial charge in [0.2, 0.25) is 0 Å². The Bertz CT molecular complexity index is 341. The van der Waals surface area contributed by atoms with Gasteiger partial charge in [0.1, 0.15) is 0 Å². The second-order valence-corrected chi connectivity index (χ2v) is 7.90. The Morgan fingerprint density at radius 2 is 1.31 bits per heavy atom. The molecule has 7 heteroatoms. The molecule has 0 amide bonds. The van der Waals surface area contributed by atoms with Gasteiger partial charge in [-0.25, -0.2) is 0 Å². The van der Waals surface area contributed by atoms with E-state index in [0.717, 1.165) is 33.1 Å². The van der Waals surface area contributed by atoms with E-state index in [1.54, 1.807) is 23.5 Å². The fraction of sp³-hybridized carbons (Fsp3) is 0.667. The van der Waals surface area contributed by atoms with Crippen molar-refractivity contribution >= 4 is 46.2 Å². The van der Waals surface area contributed by atoms with Crippen LogP contribution in [0, 0.1) is 0 Å². The third-order valence-electron chi connectivity index (χ3n) is 1.81. The minimum atomic E-state index is 0.182. The lowest BCUT2D eigenvalue weighted by molar-refractivity contribution is 0.0604. The molecule has 0 atom stereocenters. The fourth-order valence-electron chi connectivity index (χ4n) is 1.14. The molecule has 1 aliphatic heterocycles. The van der Waals surface area contributed by atoms with Gasteiger partial charge in [0.05, 0.1) is 34.8 Å². The highest BCUT2D eigenvalue weighted by Gasteiger charge is 2.10. The van der Waals surface area contributed by atoms with Crippen LogP contribution in [0.5, 0.6) is 0 Å². The van der Waals surface area contributed by atoms with Crippen LogP contribution in [-0.2, 0) is 9.47 Å². The molecule has 0 unspecified atom stereocenters. The number of fused-ring (bicyclic) bond motifs is 1. The summed E-state index contributed by atoms with van der Waals surface area (Å²) in [7, 11) is 0. The van der Waals surface area contributed by atoms with E-state index < -0.39 is 0 Å². The van der Waals surface area contributed by atoms with Crippen molar-refractivity contribution in [3.05, 3.63) is 8.85 Å². The van der Waals surface area contributed by atoms with Gasteiger partial charge in [-0.3, -0.25) is 4.79 Å². The lowest BCUT2D eigenvalue weighted by atomic mass is 10.7. The smallest absolute Gasteiger partial charge is 0.289 e. The van der Waals surface area contributed by atoms with Crippen LogP contribution < -0.4 is 4.06 Å². The normalized spacial score (nSPS) is 19.5. The van der Waals surface area contributed by atoms with Gasteiger partial charge in [-0.1, -0.05) is 22.7 Å². The van der Waals surface area contributed by atoms with Crippen LogP contribution in [-0.4, -0.2) is 37.9 Å². The molecular weight excluding hydrogens is 284 g/mol. The second-order valence-electron chi connectivity index (χ2n) is 2.95. The average molecular weight is 296 g/mol. The predicted molar refractivity (Wildman–Crippen MR) is 71.6 cm³/mol. The summed E-state index contributed by atoms with van der Waals surface area (Å²) in [5, 5.41) is 0. The molecule has 16 heavy (non-hydrogen) atoms. The van der Waals surface area contributed by atoms with Gasteiger partial charge in [0.25, 0.3) is 4.06 Å². The lowest BCUT2D eigenvalue weighted by Gasteiger charge is -2.08. The van der Waals surface area contributed by atoms with E-state index in [-0.39, 0.29) is 4.06 Å². The molecule has 2 heterocycles. The molecular formula is C9H12O3S4. The number of thioether (sulfide) groups is 2. The van der Waals surface area contributed by atoms with Crippen molar-refractivity contribution in [1.29, 1.82) is 0 Å². The topological polar surface area (TPSA) is 35.5 Å². The van der Waals surface area contributed by atoms with Crippen molar-refractivity contribution in [3.8, 4) is 0 Å². The highest BCUT2D eigenvalue weighted by molar-refractivity contribution is 8.04. The summed E-state index contributed by atoms with van der Waals surface area (Å²) in [5.41, 5.74) is 0. The van der Waals surface area contributed by atoms with Crippen molar-refractivity contribution in [2.75, 3.05) is 37.9 Å². The van der Waals surface area contributed by atoms with Crippen molar-refractivity contribution in [2.24, 2.45) is 0 Å². The minimum Gasteiger partial charge on any atom is -0.378 e. The zero-order valence-electron chi connectivity index (χ0n) is 8.60. The fourth-order valence-corrected chi connectivity index (χ4v) is 6.23. The second kappa shape index (κ2) is 7.03. The third kappa shape index (κ3) is 4.05. The SMILES string of the molecule is O=c1sc2c(s1)SCCOCCOCCS2. The van der Waals surface area contributed by atoms with Gasteiger partial charge >= 0.3 is 0 Å². The Kier molecular flexibility index (Phi) is 5.67. The number of hydrogen-bond donors (Lipinski definition) is 0. The summed E-state index contributed by atoms with van der Waals surface area (Å²) >= 11 is 6.15. The number of rotatable bonds is 0. The van der Waals surface area contributed by atoms with Crippen LogP contribution in [0.15, 0.2) is 13.2 Å². The maximum Gasteiger partial charge on any atom is 0.289 e. The Labute approximate surface area is 111 Å². The lowest BCUT2D eigenvalue weighted by Crippen LogP contribution is -2.08. The molecule has 1 aromatic rings. The minimum absolute atomic E-state index is 0.182. The largest absolute Gasteiger partial charge is 0.378 e. The molecule has 0 bridgehead atoms. The maximum absolute atomic E-state index is 11.3. The van der Waals surface area contributed by atoms with Gasteiger partial charge in [-0.15, -0.1) is 23.5 Å². The van der Waals surface area contributed by atoms with Crippen molar-refractivity contribution < 1.29 is 9.47 Å².